The summed E-state index contributed by atoms with van der Waals surface area (Å²) in [5.74, 6) is 0. The van der Waals surface area contributed by atoms with Gasteiger partial charge in [-0.1, -0.05) is 18.7 Å². The van der Waals surface area contributed by atoms with Gasteiger partial charge in [0.1, 0.15) is 0 Å². The smallest absolute Gasteiger partial charge is 0.209 e. The molecule has 1 N–H and O–H groups in total. The highest BCUT2D eigenvalue weighted by molar-refractivity contribution is 7.99. The summed E-state index contributed by atoms with van der Waals surface area (Å²) < 4.78 is 6.97. The highest BCUT2D eigenvalue weighted by Crippen LogP contribution is 2.36. The molecule has 6 nitrogen and oxygen atoms in total. The van der Waals surface area contributed by atoms with Gasteiger partial charge in [-0.2, -0.15) is 0 Å². The molecule has 1 aliphatic rings. The number of tetrazole rings is 1. The van der Waals surface area contributed by atoms with Crippen LogP contribution < -0.4 is 5.32 Å². The molecule has 0 bridgehead atoms. The van der Waals surface area contributed by atoms with Crippen LogP contribution in [0.15, 0.2) is 5.16 Å². The third-order valence-electron chi connectivity index (χ3n) is 2.80. The van der Waals surface area contributed by atoms with Crippen LogP contribution in [0.1, 0.15) is 32.2 Å². The lowest BCUT2D eigenvalue weighted by Gasteiger charge is -2.11. The molecule has 1 aliphatic carbocycles. The number of thioether (sulfide) groups is 1. The predicted molar refractivity (Wildman–Crippen MR) is 70.8 cm³/mol. The number of methoxy groups -OCH3 is 1. The Morgan fingerprint density at radius 1 is 1.56 bits per heavy atom. The quantitative estimate of drug-likeness (QED) is 0.536. The van der Waals surface area contributed by atoms with E-state index in [0.717, 1.165) is 31.3 Å². The summed E-state index contributed by atoms with van der Waals surface area (Å²) in [7, 11) is 1.73. The molecule has 0 saturated heterocycles. The number of hydrogen-bond acceptors (Lipinski definition) is 6. The first-order chi connectivity index (χ1) is 8.81. The highest BCUT2D eigenvalue weighted by atomic mass is 32.2. The lowest BCUT2D eigenvalue weighted by Crippen LogP contribution is -2.24. The van der Waals surface area contributed by atoms with E-state index in [9.17, 15) is 0 Å². The number of nitrogens with zero attached hydrogens (tertiary/aromatic N) is 4. The Labute approximate surface area is 112 Å². The molecule has 18 heavy (non-hydrogen) atoms. The molecule has 0 radical (unpaired) electrons. The van der Waals surface area contributed by atoms with Gasteiger partial charge in [0.25, 0.3) is 0 Å². The zero-order valence-electron chi connectivity index (χ0n) is 11.0. The number of ether oxygens (including phenoxy) is 1. The van der Waals surface area contributed by atoms with E-state index in [1.165, 1.54) is 12.8 Å². The number of hydrogen-bond donors (Lipinski definition) is 1. The first kappa shape index (κ1) is 13.8. The van der Waals surface area contributed by atoms with Gasteiger partial charge in [-0.25, -0.2) is 4.68 Å². The van der Waals surface area contributed by atoms with Crippen LogP contribution in [0.3, 0.4) is 0 Å². The van der Waals surface area contributed by atoms with E-state index in [2.05, 4.69) is 27.8 Å². The molecule has 2 rings (SSSR count). The SMILES string of the molecule is COCCCNCC(C)Sc1nnnn1C1CC1. The van der Waals surface area contributed by atoms with Crippen molar-refractivity contribution in [1.82, 2.24) is 25.5 Å². The molecule has 7 heteroatoms. The lowest BCUT2D eigenvalue weighted by atomic mass is 10.4. The Bertz CT molecular complexity index is 355. The Hall–Kier alpha value is -0.660. The molecule has 0 amide bonds. The van der Waals surface area contributed by atoms with Crippen molar-refractivity contribution in [3.8, 4) is 0 Å². The number of rotatable bonds is 9. The van der Waals surface area contributed by atoms with Crippen LogP contribution in [0.5, 0.6) is 0 Å². The predicted octanol–water partition coefficient (Wildman–Crippen LogP) is 1.11. The molecular weight excluding hydrogens is 250 g/mol. The van der Waals surface area contributed by atoms with Crippen molar-refractivity contribution in [2.75, 3.05) is 26.8 Å². The van der Waals surface area contributed by atoms with Crippen molar-refractivity contribution in [3.05, 3.63) is 0 Å². The molecule has 1 aromatic heterocycles. The molecular formula is C11H21N5OS. The van der Waals surface area contributed by atoms with Gasteiger partial charge in [0.05, 0.1) is 6.04 Å². The van der Waals surface area contributed by atoms with Crippen LogP contribution >= 0.6 is 11.8 Å². The Morgan fingerprint density at radius 3 is 3.11 bits per heavy atom. The highest BCUT2D eigenvalue weighted by Gasteiger charge is 2.28. The van der Waals surface area contributed by atoms with Crippen molar-refractivity contribution in [2.24, 2.45) is 0 Å². The van der Waals surface area contributed by atoms with Crippen molar-refractivity contribution >= 4 is 11.8 Å². The van der Waals surface area contributed by atoms with Crippen LogP contribution in [-0.4, -0.2) is 52.3 Å². The van der Waals surface area contributed by atoms with Gasteiger partial charge in [0, 0.05) is 25.5 Å². The van der Waals surface area contributed by atoms with Gasteiger partial charge < -0.3 is 10.1 Å². The summed E-state index contributed by atoms with van der Waals surface area (Å²) in [6.07, 6.45) is 3.47. The molecule has 1 fully saturated rings. The maximum absolute atomic E-state index is 5.01. The third kappa shape index (κ3) is 4.22. The van der Waals surface area contributed by atoms with Crippen molar-refractivity contribution in [1.29, 1.82) is 0 Å². The van der Waals surface area contributed by atoms with Gasteiger partial charge in [-0.05, 0) is 36.2 Å². The van der Waals surface area contributed by atoms with Crippen molar-refractivity contribution in [2.45, 2.75) is 42.6 Å². The minimum Gasteiger partial charge on any atom is -0.385 e. The maximum atomic E-state index is 5.01. The standard InChI is InChI=1S/C11H21N5OS/c1-9(8-12-6-3-7-17-2)18-11-13-14-15-16(11)10-4-5-10/h9-10,12H,3-8H2,1-2H3. The Balaban J connectivity index is 1.66. The summed E-state index contributed by atoms with van der Waals surface area (Å²) in [6.45, 7) is 4.96. The summed E-state index contributed by atoms with van der Waals surface area (Å²) >= 11 is 1.74. The van der Waals surface area contributed by atoms with E-state index in [0.29, 0.717) is 11.3 Å². The average molecular weight is 271 g/mol. The zero-order valence-corrected chi connectivity index (χ0v) is 11.8. The lowest BCUT2D eigenvalue weighted by molar-refractivity contribution is 0.194. The fourth-order valence-electron chi connectivity index (χ4n) is 1.68. The number of nitrogens with one attached hydrogen (secondary N) is 1. The van der Waals surface area contributed by atoms with Crippen LogP contribution in [0.4, 0.5) is 0 Å². The fourth-order valence-corrected chi connectivity index (χ4v) is 2.62. The molecule has 1 heterocycles. The summed E-state index contributed by atoms with van der Waals surface area (Å²) in [5.41, 5.74) is 0. The van der Waals surface area contributed by atoms with E-state index in [1.807, 2.05) is 4.68 Å². The molecule has 1 atom stereocenters. The monoisotopic (exact) mass is 271 g/mol. The Morgan fingerprint density at radius 2 is 2.39 bits per heavy atom. The van der Waals surface area contributed by atoms with Gasteiger partial charge in [-0.15, -0.1) is 5.10 Å². The fraction of sp³-hybridized carbons (Fsp3) is 0.909. The van der Waals surface area contributed by atoms with E-state index in [4.69, 9.17) is 4.74 Å². The van der Waals surface area contributed by atoms with Gasteiger partial charge >= 0.3 is 0 Å². The second-order valence-corrected chi connectivity index (χ2v) is 6.02. The molecule has 0 spiro atoms. The topological polar surface area (TPSA) is 64.9 Å². The summed E-state index contributed by atoms with van der Waals surface area (Å²) in [5, 5.41) is 16.7. The Kier molecular flexibility index (Phi) is 5.40. The summed E-state index contributed by atoms with van der Waals surface area (Å²) in [4.78, 5) is 0. The van der Waals surface area contributed by atoms with E-state index in [-0.39, 0.29) is 0 Å². The number of aromatic nitrogens is 4. The van der Waals surface area contributed by atoms with E-state index >= 15 is 0 Å². The zero-order chi connectivity index (χ0) is 12.8. The second-order valence-electron chi connectivity index (χ2n) is 4.62. The largest absolute Gasteiger partial charge is 0.385 e. The first-order valence-corrected chi connectivity index (χ1v) is 7.33. The third-order valence-corrected chi connectivity index (χ3v) is 3.84. The van der Waals surface area contributed by atoms with E-state index < -0.39 is 0 Å². The van der Waals surface area contributed by atoms with Crippen LogP contribution in [0.25, 0.3) is 0 Å². The van der Waals surface area contributed by atoms with Gasteiger partial charge in [0.2, 0.25) is 5.16 Å². The average Bonchev–Trinajstić information content (AvgIpc) is 3.10. The van der Waals surface area contributed by atoms with Crippen LogP contribution in [-0.2, 0) is 4.74 Å². The van der Waals surface area contributed by atoms with Crippen molar-refractivity contribution < 1.29 is 4.74 Å². The molecule has 0 aliphatic heterocycles. The van der Waals surface area contributed by atoms with Gasteiger partial charge in [-0.3, -0.25) is 0 Å². The van der Waals surface area contributed by atoms with Crippen LogP contribution in [0, 0.1) is 0 Å². The van der Waals surface area contributed by atoms with Crippen LogP contribution in [0.2, 0.25) is 0 Å². The second kappa shape index (κ2) is 7.06. The molecule has 102 valence electrons. The summed E-state index contributed by atoms with van der Waals surface area (Å²) in [6, 6.07) is 0.546. The van der Waals surface area contributed by atoms with E-state index in [1.54, 1.807) is 18.9 Å². The maximum Gasteiger partial charge on any atom is 0.209 e. The normalized spacial score (nSPS) is 17.0. The minimum atomic E-state index is 0.469. The first-order valence-electron chi connectivity index (χ1n) is 6.45. The molecule has 1 aromatic rings. The minimum absolute atomic E-state index is 0.469. The van der Waals surface area contributed by atoms with Crippen molar-refractivity contribution in [3.63, 3.8) is 0 Å². The molecule has 1 saturated carbocycles. The van der Waals surface area contributed by atoms with Gasteiger partial charge in [0.15, 0.2) is 0 Å². The molecule has 0 aromatic carbocycles. The molecule has 1 unspecified atom stereocenters.